The molecule has 1 aromatic heterocycles. The molecule has 22 heavy (non-hydrogen) atoms. The van der Waals surface area contributed by atoms with E-state index in [1.165, 1.54) is 12.1 Å². The van der Waals surface area contributed by atoms with Crippen molar-refractivity contribution in [2.75, 3.05) is 0 Å². The number of aromatic amines is 1. The Labute approximate surface area is 127 Å². The first-order valence-electron chi connectivity index (χ1n) is 7.13. The molecule has 0 spiro atoms. The monoisotopic (exact) mass is 297 g/mol. The lowest BCUT2D eigenvalue weighted by Crippen LogP contribution is -1.98. The highest BCUT2D eigenvalue weighted by Crippen LogP contribution is 2.32. The van der Waals surface area contributed by atoms with Crippen LogP contribution in [0.3, 0.4) is 0 Å². The summed E-state index contributed by atoms with van der Waals surface area (Å²) in [5, 5.41) is 9.99. The summed E-state index contributed by atoms with van der Waals surface area (Å²) in [4.78, 5) is 14.3. The van der Waals surface area contributed by atoms with Crippen LogP contribution in [0.25, 0.3) is 22.2 Å². The quantitative estimate of drug-likeness (QED) is 0.754. The van der Waals surface area contributed by atoms with E-state index in [-0.39, 0.29) is 12.2 Å². The number of carbonyl (C=O) groups is 1. The first-order chi connectivity index (χ1) is 10.5. The summed E-state index contributed by atoms with van der Waals surface area (Å²) in [5.41, 5.74) is 4.78. The Bertz CT molecular complexity index is 834. The number of fused-ring (bicyclic) bond motifs is 1. The molecule has 4 heteroatoms. The fourth-order valence-corrected chi connectivity index (χ4v) is 2.72. The van der Waals surface area contributed by atoms with Gasteiger partial charge < -0.3 is 10.1 Å². The molecular formula is C18H16FNO2. The minimum absolute atomic E-state index is 0.0645. The number of carboxylic acids is 1. The zero-order chi connectivity index (χ0) is 15.7. The van der Waals surface area contributed by atoms with Gasteiger partial charge in [0.15, 0.2) is 0 Å². The van der Waals surface area contributed by atoms with Gasteiger partial charge in [0.2, 0.25) is 0 Å². The molecule has 3 aromatic rings. The second-order valence-corrected chi connectivity index (χ2v) is 5.43. The van der Waals surface area contributed by atoms with E-state index in [0.29, 0.717) is 6.42 Å². The van der Waals surface area contributed by atoms with Crippen molar-refractivity contribution in [2.24, 2.45) is 0 Å². The summed E-state index contributed by atoms with van der Waals surface area (Å²) >= 11 is 0. The van der Waals surface area contributed by atoms with E-state index in [1.807, 2.05) is 25.1 Å². The van der Waals surface area contributed by atoms with Crippen LogP contribution in [-0.2, 0) is 11.2 Å². The second kappa shape index (κ2) is 5.64. The van der Waals surface area contributed by atoms with Gasteiger partial charge in [0.25, 0.3) is 0 Å². The zero-order valence-corrected chi connectivity index (χ0v) is 12.2. The van der Waals surface area contributed by atoms with E-state index >= 15 is 0 Å². The minimum atomic E-state index is -0.827. The Balaban J connectivity index is 2.16. The number of rotatable bonds is 4. The van der Waals surface area contributed by atoms with E-state index in [4.69, 9.17) is 5.11 Å². The third-order valence-corrected chi connectivity index (χ3v) is 3.78. The Morgan fingerprint density at radius 2 is 1.91 bits per heavy atom. The Hall–Kier alpha value is -2.62. The first-order valence-corrected chi connectivity index (χ1v) is 7.13. The molecule has 0 unspecified atom stereocenters. The molecular weight excluding hydrogens is 281 g/mol. The molecule has 112 valence electrons. The smallest absolute Gasteiger partial charge is 0.303 e. The van der Waals surface area contributed by atoms with Gasteiger partial charge in [0.05, 0.1) is 0 Å². The van der Waals surface area contributed by atoms with Gasteiger partial charge in [-0.15, -0.1) is 0 Å². The van der Waals surface area contributed by atoms with Gasteiger partial charge in [0, 0.05) is 23.0 Å². The standard InChI is InChI=1S/C18H16FNO2/c1-11-2-7-14-15(8-9-17(21)22)18(20-16(14)10-11)12-3-5-13(19)6-4-12/h2-7,10,20H,8-9H2,1H3,(H,21,22). The Morgan fingerprint density at radius 3 is 2.59 bits per heavy atom. The van der Waals surface area contributed by atoms with E-state index in [9.17, 15) is 9.18 Å². The minimum Gasteiger partial charge on any atom is -0.481 e. The van der Waals surface area contributed by atoms with Crippen molar-refractivity contribution < 1.29 is 14.3 Å². The summed E-state index contributed by atoms with van der Waals surface area (Å²) < 4.78 is 13.1. The van der Waals surface area contributed by atoms with E-state index in [1.54, 1.807) is 12.1 Å². The maximum absolute atomic E-state index is 13.1. The van der Waals surface area contributed by atoms with Crippen LogP contribution in [-0.4, -0.2) is 16.1 Å². The van der Waals surface area contributed by atoms with Gasteiger partial charge in [-0.1, -0.05) is 12.1 Å². The zero-order valence-electron chi connectivity index (χ0n) is 12.2. The molecule has 0 saturated heterocycles. The lowest BCUT2D eigenvalue weighted by Gasteiger charge is -2.04. The Morgan fingerprint density at radius 1 is 1.18 bits per heavy atom. The van der Waals surface area contributed by atoms with Crippen LogP contribution >= 0.6 is 0 Å². The molecule has 0 atom stereocenters. The van der Waals surface area contributed by atoms with E-state index in [2.05, 4.69) is 4.98 Å². The maximum atomic E-state index is 13.1. The lowest BCUT2D eigenvalue weighted by molar-refractivity contribution is -0.136. The van der Waals surface area contributed by atoms with Crippen molar-refractivity contribution in [1.82, 2.24) is 4.98 Å². The fraction of sp³-hybridized carbons (Fsp3) is 0.167. The average molecular weight is 297 g/mol. The van der Waals surface area contributed by atoms with Gasteiger partial charge >= 0.3 is 5.97 Å². The maximum Gasteiger partial charge on any atom is 0.303 e. The molecule has 0 aliphatic rings. The predicted octanol–water partition coefficient (Wildman–Crippen LogP) is 4.30. The highest BCUT2D eigenvalue weighted by molar-refractivity contribution is 5.91. The molecule has 0 radical (unpaired) electrons. The molecule has 0 aliphatic heterocycles. The van der Waals surface area contributed by atoms with Crippen molar-refractivity contribution in [1.29, 1.82) is 0 Å². The van der Waals surface area contributed by atoms with Gasteiger partial charge in [-0.25, -0.2) is 4.39 Å². The SMILES string of the molecule is Cc1ccc2c(CCC(=O)O)c(-c3ccc(F)cc3)[nH]c2c1. The number of benzene rings is 2. The number of halogens is 1. The topological polar surface area (TPSA) is 53.1 Å². The molecule has 3 rings (SSSR count). The summed E-state index contributed by atoms with van der Waals surface area (Å²) in [6.07, 6.45) is 0.500. The van der Waals surface area contributed by atoms with Crippen molar-refractivity contribution in [2.45, 2.75) is 19.8 Å². The van der Waals surface area contributed by atoms with Gasteiger partial charge in [-0.2, -0.15) is 0 Å². The van der Waals surface area contributed by atoms with Crippen LogP contribution in [0.2, 0.25) is 0 Å². The van der Waals surface area contributed by atoms with Crippen LogP contribution in [0.15, 0.2) is 42.5 Å². The van der Waals surface area contributed by atoms with Crippen LogP contribution in [0.1, 0.15) is 17.5 Å². The first kappa shape index (κ1) is 14.3. The number of H-pyrrole nitrogens is 1. The summed E-state index contributed by atoms with van der Waals surface area (Å²) in [7, 11) is 0. The predicted molar refractivity (Wildman–Crippen MR) is 84.4 cm³/mol. The summed E-state index contributed by atoms with van der Waals surface area (Å²) in [5.74, 6) is -1.12. The number of aryl methyl sites for hydroxylation is 2. The third-order valence-electron chi connectivity index (χ3n) is 3.78. The van der Waals surface area contributed by atoms with Crippen LogP contribution in [0.5, 0.6) is 0 Å². The lowest BCUT2D eigenvalue weighted by atomic mass is 10.0. The van der Waals surface area contributed by atoms with Crippen LogP contribution < -0.4 is 0 Å². The molecule has 2 N–H and O–H groups in total. The largest absolute Gasteiger partial charge is 0.481 e. The van der Waals surface area contributed by atoms with Gasteiger partial charge in [0.1, 0.15) is 5.82 Å². The van der Waals surface area contributed by atoms with Crippen molar-refractivity contribution in [3.05, 3.63) is 59.4 Å². The molecule has 0 aliphatic carbocycles. The van der Waals surface area contributed by atoms with Crippen molar-refractivity contribution in [3.63, 3.8) is 0 Å². The van der Waals surface area contributed by atoms with E-state index < -0.39 is 5.97 Å². The Kier molecular flexibility index (Phi) is 3.67. The number of nitrogens with one attached hydrogen (secondary N) is 1. The van der Waals surface area contributed by atoms with Crippen molar-refractivity contribution >= 4 is 16.9 Å². The summed E-state index contributed by atoms with van der Waals surface area (Å²) in [6, 6.07) is 12.3. The number of aliphatic carboxylic acids is 1. The normalized spacial score (nSPS) is 11.0. The van der Waals surface area contributed by atoms with Crippen LogP contribution in [0.4, 0.5) is 4.39 Å². The molecule has 1 heterocycles. The fourth-order valence-electron chi connectivity index (χ4n) is 2.72. The molecule has 0 bridgehead atoms. The summed E-state index contributed by atoms with van der Waals surface area (Å²) in [6.45, 7) is 2.01. The highest BCUT2D eigenvalue weighted by atomic mass is 19.1. The molecule has 3 nitrogen and oxygen atoms in total. The second-order valence-electron chi connectivity index (χ2n) is 5.43. The van der Waals surface area contributed by atoms with Crippen molar-refractivity contribution in [3.8, 4) is 11.3 Å². The van der Waals surface area contributed by atoms with Crippen LogP contribution in [0, 0.1) is 12.7 Å². The highest BCUT2D eigenvalue weighted by Gasteiger charge is 2.14. The number of hydrogen-bond donors (Lipinski definition) is 2. The van der Waals surface area contributed by atoms with E-state index in [0.717, 1.165) is 33.3 Å². The number of hydrogen-bond acceptors (Lipinski definition) is 1. The number of aromatic nitrogens is 1. The molecule has 0 fully saturated rings. The van der Waals surface area contributed by atoms with Gasteiger partial charge in [-0.05, 0) is 60.4 Å². The van der Waals surface area contributed by atoms with Gasteiger partial charge in [-0.3, -0.25) is 4.79 Å². The molecule has 2 aromatic carbocycles. The third kappa shape index (κ3) is 2.72. The number of carboxylic acid groups (broad SMARTS) is 1. The average Bonchev–Trinajstić information content (AvgIpc) is 2.83. The molecule has 0 saturated carbocycles. The molecule has 0 amide bonds.